The van der Waals surface area contributed by atoms with Crippen molar-refractivity contribution in [3.8, 4) is 0 Å². The lowest BCUT2D eigenvalue weighted by Gasteiger charge is -2.10. The first kappa shape index (κ1) is 16.4. The van der Waals surface area contributed by atoms with Gasteiger partial charge in [-0.15, -0.1) is 21.5 Å². The van der Waals surface area contributed by atoms with E-state index < -0.39 is 0 Å². The summed E-state index contributed by atoms with van der Waals surface area (Å²) in [4.78, 5) is 13.0. The fourth-order valence-corrected chi connectivity index (χ4v) is 4.42. The van der Waals surface area contributed by atoms with Crippen LogP contribution in [0.3, 0.4) is 0 Å². The van der Waals surface area contributed by atoms with Gasteiger partial charge in [0.15, 0.2) is 5.16 Å². The minimum Gasteiger partial charge on any atom is -0.271 e. The molecule has 1 aromatic carbocycles. The predicted molar refractivity (Wildman–Crippen MR) is 104 cm³/mol. The van der Waals surface area contributed by atoms with Crippen molar-refractivity contribution < 1.29 is 0 Å². The first-order valence-electron chi connectivity index (χ1n) is 8.28. The Bertz CT molecular complexity index is 1090. The van der Waals surface area contributed by atoms with Crippen molar-refractivity contribution in [1.29, 1.82) is 0 Å². The number of thioether (sulfide) groups is 1. The lowest BCUT2D eigenvalue weighted by Crippen LogP contribution is -2.23. The molecule has 4 aromatic rings. The average molecular weight is 371 g/mol. The summed E-state index contributed by atoms with van der Waals surface area (Å²) in [6.07, 6.45) is 1.01. The molecular weight excluding hydrogens is 352 g/mol. The molecule has 0 aliphatic heterocycles. The van der Waals surface area contributed by atoms with Crippen molar-refractivity contribution in [2.75, 3.05) is 5.75 Å². The number of fused-ring (bicyclic) bond motifs is 3. The van der Waals surface area contributed by atoms with Crippen LogP contribution < -0.4 is 5.56 Å². The summed E-state index contributed by atoms with van der Waals surface area (Å²) in [5.74, 6) is 1.51. The molecule has 3 heterocycles. The van der Waals surface area contributed by atoms with Gasteiger partial charge in [0.2, 0.25) is 5.78 Å². The summed E-state index contributed by atoms with van der Waals surface area (Å²) >= 11 is 3.10. The minimum atomic E-state index is -0.00230. The zero-order valence-corrected chi connectivity index (χ0v) is 15.7. The van der Waals surface area contributed by atoms with E-state index in [4.69, 9.17) is 0 Å². The van der Waals surface area contributed by atoms with Crippen LogP contribution in [0.1, 0.15) is 25.0 Å². The molecule has 0 unspecified atom stereocenters. The first-order chi connectivity index (χ1) is 12.2. The molecule has 0 spiro atoms. The second-order valence-electron chi connectivity index (χ2n) is 5.75. The molecule has 0 fully saturated rings. The number of thiophene rings is 1. The van der Waals surface area contributed by atoms with Gasteiger partial charge in [-0.25, -0.2) is 0 Å². The quantitative estimate of drug-likeness (QED) is 0.501. The van der Waals surface area contributed by atoms with E-state index in [1.807, 2.05) is 15.8 Å². The monoisotopic (exact) mass is 370 g/mol. The summed E-state index contributed by atoms with van der Waals surface area (Å²) in [6.45, 7) is 4.72. The SMILES string of the molecule is CCSc1nnc2n(Cc3ccc(CC)cc3)c(=O)c3sccc3n12. The molecule has 0 bridgehead atoms. The molecule has 0 atom stereocenters. The van der Waals surface area contributed by atoms with Crippen LogP contribution in [0.15, 0.2) is 45.7 Å². The molecule has 25 heavy (non-hydrogen) atoms. The molecule has 128 valence electrons. The highest BCUT2D eigenvalue weighted by atomic mass is 32.2. The van der Waals surface area contributed by atoms with Gasteiger partial charge in [0.1, 0.15) is 4.70 Å². The molecule has 7 heteroatoms. The third-order valence-electron chi connectivity index (χ3n) is 4.23. The van der Waals surface area contributed by atoms with Crippen LogP contribution in [-0.2, 0) is 13.0 Å². The minimum absolute atomic E-state index is 0.00230. The summed E-state index contributed by atoms with van der Waals surface area (Å²) in [6, 6.07) is 10.4. The second kappa shape index (κ2) is 6.65. The molecule has 0 amide bonds. The molecule has 0 radical (unpaired) electrons. The molecule has 0 saturated carbocycles. The van der Waals surface area contributed by atoms with Gasteiger partial charge in [-0.05, 0) is 34.7 Å². The van der Waals surface area contributed by atoms with Crippen LogP contribution in [0.5, 0.6) is 0 Å². The van der Waals surface area contributed by atoms with Crippen molar-refractivity contribution in [3.05, 3.63) is 57.2 Å². The highest BCUT2D eigenvalue weighted by Crippen LogP contribution is 2.24. The van der Waals surface area contributed by atoms with Crippen LogP contribution >= 0.6 is 23.1 Å². The molecule has 0 aliphatic carbocycles. The van der Waals surface area contributed by atoms with Crippen molar-refractivity contribution in [2.45, 2.75) is 32.0 Å². The average Bonchev–Trinajstić information content (AvgIpc) is 3.26. The van der Waals surface area contributed by atoms with Gasteiger partial charge < -0.3 is 0 Å². The van der Waals surface area contributed by atoms with Gasteiger partial charge >= 0.3 is 0 Å². The number of rotatable bonds is 5. The summed E-state index contributed by atoms with van der Waals surface area (Å²) in [5.41, 5.74) is 3.27. The maximum absolute atomic E-state index is 13.0. The zero-order valence-electron chi connectivity index (χ0n) is 14.1. The van der Waals surface area contributed by atoms with Crippen molar-refractivity contribution in [3.63, 3.8) is 0 Å². The van der Waals surface area contributed by atoms with Crippen LogP contribution in [0.2, 0.25) is 0 Å². The van der Waals surface area contributed by atoms with Gasteiger partial charge in [-0.2, -0.15) is 0 Å². The maximum atomic E-state index is 13.0. The van der Waals surface area contributed by atoms with Crippen LogP contribution in [-0.4, -0.2) is 24.9 Å². The molecule has 0 aliphatic rings. The Hall–Kier alpha value is -2.12. The largest absolute Gasteiger partial charge is 0.273 e. The van der Waals surface area contributed by atoms with E-state index in [9.17, 15) is 4.79 Å². The first-order valence-corrected chi connectivity index (χ1v) is 10.1. The Morgan fingerprint density at radius 2 is 1.84 bits per heavy atom. The fraction of sp³-hybridized carbons (Fsp3) is 0.278. The highest BCUT2D eigenvalue weighted by molar-refractivity contribution is 7.99. The number of nitrogens with zero attached hydrogens (tertiary/aromatic N) is 4. The molecule has 0 saturated heterocycles. The van der Waals surface area contributed by atoms with E-state index in [-0.39, 0.29) is 5.56 Å². The maximum Gasteiger partial charge on any atom is 0.273 e. The Labute approximate surface area is 153 Å². The predicted octanol–water partition coefficient (Wildman–Crippen LogP) is 3.83. The van der Waals surface area contributed by atoms with E-state index >= 15 is 0 Å². The van der Waals surface area contributed by atoms with Gasteiger partial charge in [-0.3, -0.25) is 13.8 Å². The summed E-state index contributed by atoms with van der Waals surface area (Å²) < 4.78 is 4.48. The highest BCUT2D eigenvalue weighted by Gasteiger charge is 2.17. The lowest BCUT2D eigenvalue weighted by atomic mass is 10.1. The molecule has 0 N–H and O–H groups in total. The Kier molecular flexibility index (Phi) is 4.35. The van der Waals surface area contributed by atoms with E-state index in [2.05, 4.69) is 48.3 Å². The number of aromatic nitrogens is 4. The normalized spacial score (nSPS) is 11.6. The molecule has 4 rings (SSSR count). The van der Waals surface area contributed by atoms with Gasteiger partial charge in [0, 0.05) is 0 Å². The van der Waals surface area contributed by atoms with Gasteiger partial charge in [0.25, 0.3) is 5.56 Å². The van der Waals surface area contributed by atoms with E-state index in [0.29, 0.717) is 12.3 Å². The van der Waals surface area contributed by atoms with E-state index in [1.165, 1.54) is 16.9 Å². The molecule has 3 aromatic heterocycles. The number of aryl methyl sites for hydroxylation is 1. The Morgan fingerprint density at radius 1 is 1.08 bits per heavy atom. The Morgan fingerprint density at radius 3 is 2.56 bits per heavy atom. The van der Waals surface area contributed by atoms with Crippen molar-refractivity contribution in [1.82, 2.24) is 19.2 Å². The summed E-state index contributed by atoms with van der Waals surface area (Å²) in [7, 11) is 0. The zero-order chi connectivity index (χ0) is 17.4. The number of hydrogen-bond acceptors (Lipinski definition) is 5. The summed E-state index contributed by atoms with van der Waals surface area (Å²) in [5, 5.41) is 11.4. The van der Waals surface area contributed by atoms with Crippen molar-refractivity contribution in [2.24, 2.45) is 0 Å². The number of benzene rings is 1. The molecular formula is C18H18N4OS2. The van der Waals surface area contributed by atoms with Crippen LogP contribution in [0.25, 0.3) is 16.0 Å². The topological polar surface area (TPSA) is 52.2 Å². The third-order valence-corrected chi connectivity index (χ3v) is 5.93. The Balaban J connectivity index is 1.91. The van der Waals surface area contributed by atoms with Crippen LogP contribution in [0.4, 0.5) is 0 Å². The second-order valence-corrected chi connectivity index (χ2v) is 7.89. The van der Waals surface area contributed by atoms with Crippen LogP contribution in [0, 0.1) is 0 Å². The number of hydrogen-bond donors (Lipinski definition) is 0. The van der Waals surface area contributed by atoms with Gasteiger partial charge in [0.05, 0.1) is 12.1 Å². The standard InChI is InChI=1S/C18H18N4OS2/c1-3-12-5-7-13(8-6-12)11-21-16(23)15-14(9-10-25-15)22-17(21)19-20-18(22)24-4-2/h5-10H,3-4,11H2,1-2H3. The van der Waals surface area contributed by atoms with E-state index in [1.54, 1.807) is 16.3 Å². The lowest BCUT2D eigenvalue weighted by molar-refractivity contribution is 0.765. The van der Waals surface area contributed by atoms with E-state index in [0.717, 1.165) is 33.1 Å². The van der Waals surface area contributed by atoms with Gasteiger partial charge in [-0.1, -0.05) is 49.9 Å². The molecule has 5 nitrogen and oxygen atoms in total. The third kappa shape index (κ3) is 2.77. The fourth-order valence-electron chi connectivity index (χ4n) is 2.93. The van der Waals surface area contributed by atoms with Crippen molar-refractivity contribution >= 4 is 39.1 Å². The smallest absolute Gasteiger partial charge is 0.271 e.